The standard InChI is InChI=1S/C16H22N6O4S/c1-2-22-15-11(8-18-22)14(19-10-5-3-4-6-10)12(7-17-15)16(24)21-20-13(23)9-27(25)26/h7-8,10,27H,2-6,9H2,1H3,(H,17,19)(H,20,23)(H,21,24). The van der Waals surface area contributed by atoms with Gasteiger partial charge in [0.05, 0.1) is 22.8 Å². The lowest BCUT2D eigenvalue weighted by Crippen LogP contribution is -2.43. The third-order valence-corrected chi connectivity index (χ3v) is 5.05. The summed E-state index contributed by atoms with van der Waals surface area (Å²) in [5.74, 6) is -2.08. The Hall–Kier alpha value is -2.69. The van der Waals surface area contributed by atoms with Crippen LogP contribution in [0.4, 0.5) is 5.69 Å². The minimum Gasteiger partial charge on any atom is -0.381 e. The number of hydrazine groups is 1. The topological polar surface area (TPSA) is 135 Å². The predicted molar refractivity (Wildman–Crippen MR) is 99.9 cm³/mol. The van der Waals surface area contributed by atoms with Gasteiger partial charge in [-0.05, 0) is 19.8 Å². The van der Waals surface area contributed by atoms with Crippen LogP contribution >= 0.6 is 0 Å². The Labute approximate surface area is 157 Å². The normalized spacial score (nSPS) is 14.6. The van der Waals surface area contributed by atoms with Crippen molar-refractivity contribution in [3.05, 3.63) is 18.0 Å². The van der Waals surface area contributed by atoms with Crippen molar-refractivity contribution in [1.82, 2.24) is 25.6 Å². The number of aryl methyl sites for hydroxylation is 1. The number of pyridine rings is 1. The van der Waals surface area contributed by atoms with Crippen LogP contribution in [0.5, 0.6) is 0 Å². The van der Waals surface area contributed by atoms with Gasteiger partial charge in [-0.3, -0.25) is 20.4 Å². The molecule has 0 aromatic carbocycles. The van der Waals surface area contributed by atoms with Crippen LogP contribution in [0.2, 0.25) is 0 Å². The summed E-state index contributed by atoms with van der Waals surface area (Å²) < 4.78 is 22.9. The summed E-state index contributed by atoms with van der Waals surface area (Å²) in [4.78, 5) is 28.4. The highest BCUT2D eigenvalue weighted by molar-refractivity contribution is 7.73. The Morgan fingerprint density at radius 1 is 1.22 bits per heavy atom. The van der Waals surface area contributed by atoms with Crippen molar-refractivity contribution in [1.29, 1.82) is 0 Å². The summed E-state index contributed by atoms with van der Waals surface area (Å²) in [6.45, 7) is 2.60. The fraction of sp³-hybridized carbons (Fsp3) is 0.500. The van der Waals surface area contributed by atoms with Gasteiger partial charge in [-0.15, -0.1) is 0 Å². The summed E-state index contributed by atoms with van der Waals surface area (Å²) in [6, 6.07) is 0.256. The minimum atomic E-state index is -2.86. The molecule has 146 valence electrons. The van der Waals surface area contributed by atoms with Crippen LogP contribution in [0.25, 0.3) is 11.0 Å². The second-order valence-electron chi connectivity index (χ2n) is 6.36. The maximum absolute atomic E-state index is 12.6. The average molecular weight is 394 g/mol. The number of rotatable bonds is 6. The summed E-state index contributed by atoms with van der Waals surface area (Å²) in [5.41, 5.74) is 5.89. The van der Waals surface area contributed by atoms with Gasteiger partial charge >= 0.3 is 0 Å². The number of nitrogens with zero attached hydrogens (tertiary/aromatic N) is 3. The van der Waals surface area contributed by atoms with E-state index in [0.717, 1.165) is 31.1 Å². The number of nitrogens with one attached hydrogen (secondary N) is 3. The summed E-state index contributed by atoms with van der Waals surface area (Å²) in [6.07, 6.45) is 7.39. The molecule has 2 heterocycles. The van der Waals surface area contributed by atoms with E-state index in [0.29, 0.717) is 17.9 Å². The number of thiol groups is 1. The molecule has 0 atom stereocenters. The number of hydrogen-bond donors (Lipinski definition) is 4. The highest BCUT2D eigenvalue weighted by atomic mass is 32.2. The second-order valence-corrected chi connectivity index (χ2v) is 7.35. The number of hydrogen-bond acceptors (Lipinski definition) is 7. The van der Waals surface area contributed by atoms with E-state index in [-0.39, 0.29) is 11.6 Å². The monoisotopic (exact) mass is 394 g/mol. The Kier molecular flexibility index (Phi) is 5.89. The van der Waals surface area contributed by atoms with Gasteiger partial charge < -0.3 is 5.32 Å². The van der Waals surface area contributed by atoms with Crippen LogP contribution in [-0.2, 0) is 22.0 Å². The van der Waals surface area contributed by atoms with E-state index in [1.54, 1.807) is 10.9 Å². The molecule has 1 aliphatic rings. The van der Waals surface area contributed by atoms with Crippen molar-refractivity contribution in [2.45, 2.75) is 45.2 Å². The van der Waals surface area contributed by atoms with Crippen molar-refractivity contribution < 1.29 is 18.0 Å². The molecule has 0 bridgehead atoms. The van der Waals surface area contributed by atoms with Crippen LogP contribution in [0.3, 0.4) is 0 Å². The van der Waals surface area contributed by atoms with E-state index in [9.17, 15) is 18.0 Å². The van der Waals surface area contributed by atoms with Gasteiger partial charge in [0.1, 0.15) is 16.5 Å². The molecule has 0 unspecified atom stereocenters. The maximum atomic E-state index is 12.6. The molecule has 1 saturated carbocycles. The Morgan fingerprint density at radius 3 is 2.63 bits per heavy atom. The first-order valence-corrected chi connectivity index (χ1v) is 10.2. The second kappa shape index (κ2) is 8.33. The molecule has 11 heteroatoms. The molecule has 1 aliphatic carbocycles. The van der Waals surface area contributed by atoms with Gasteiger partial charge in [0, 0.05) is 18.8 Å². The van der Waals surface area contributed by atoms with Crippen LogP contribution in [0.1, 0.15) is 43.0 Å². The Bertz CT molecular complexity index is 924. The predicted octanol–water partition coefficient (Wildman–Crippen LogP) is 0.178. The third kappa shape index (κ3) is 4.35. The fourth-order valence-electron chi connectivity index (χ4n) is 3.21. The SMILES string of the molecule is CCn1ncc2c(NC3CCCC3)c(C(=O)NNC(=O)C[SH](=O)=O)cnc21. The quantitative estimate of drug-likeness (QED) is 0.405. The van der Waals surface area contributed by atoms with Crippen LogP contribution in [-0.4, -0.2) is 46.8 Å². The molecule has 2 aromatic rings. The van der Waals surface area contributed by atoms with Gasteiger partial charge in [0.2, 0.25) is 0 Å². The molecular weight excluding hydrogens is 372 g/mol. The molecule has 3 rings (SSSR count). The molecule has 3 N–H and O–H groups in total. The van der Waals surface area contributed by atoms with Gasteiger partial charge in [-0.25, -0.2) is 18.1 Å². The largest absolute Gasteiger partial charge is 0.381 e. The number of aromatic nitrogens is 3. The molecule has 1 fully saturated rings. The van der Waals surface area contributed by atoms with Gasteiger partial charge in [-0.1, -0.05) is 12.8 Å². The summed E-state index contributed by atoms with van der Waals surface area (Å²) in [5, 5.41) is 8.46. The first kappa shape index (κ1) is 19.1. The van der Waals surface area contributed by atoms with Crippen LogP contribution in [0, 0.1) is 0 Å². The lowest BCUT2D eigenvalue weighted by molar-refractivity contribution is -0.119. The van der Waals surface area contributed by atoms with E-state index >= 15 is 0 Å². The number of fused-ring (bicyclic) bond motifs is 1. The molecule has 0 spiro atoms. The molecule has 2 amide bonds. The van der Waals surface area contributed by atoms with E-state index in [1.165, 1.54) is 6.20 Å². The third-order valence-electron chi connectivity index (χ3n) is 4.50. The van der Waals surface area contributed by atoms with E-state index in [4.69, 9.17) is 0 Å². The first-order valence-electron chi connectivity index (χ1n) is 8.81. The molecule has 0 aliphatic heterocycles. The van der Waals surface area contributed by atoms with E-state index in [1.807, 2.05) is 6.92 Å². The molecule has 27 heavy (non-hydrogen) atoms. The number of amides is 2. The zero-order chi connectivity index (χ0) is 19.4. The van der Waals surface area contributed by atoms with Crippen molar-refractivity contribution in [3.63, 3.8) is 0 Å². The molecule has 10 nitrogen and oxygen atoms in total. The smallest absolute Gasteiger partial charge is 0.273 e. The Morgan fingerprint density at radius 2 is 1.96 bits per heavy atom. The van der Waals surface area contributed by atoms with E-state index in [2.05, 4.69) is 26.3 Å². The molecule has 0 saturated heterocycles. The van der Waals surface area contributed by atoms with Gasteiger partial charge in [-0.2, -0.15) is 5.10 Å². The molecular formula is C16H22N6O4S. The number of carbonyl (C=O) groups excluding carboxylic acids is 2. The van der Waals surface area contributed by atoms with E-state index < -0.39 is 28.3 Å². The average Bonchev–Trinajstić information content (AvgIpc) is 3.28. The lowest BCUT2D eigenvalue weighted by atomic mass is 10.1. The van der Waals surface area contributed by atoms with Gasteiger partial charge in [0.15, 0.2) is 5.65 Å². The Balaban J connectivity index is 1.88. The van der Waals surface area contributed by atoms with Crippen LogP contribution < -0.4 is 16.2 Å². The number of anilines is 1. The fourth-order valence-corrected chi connectivity index (χ4v) is 3.52. The summed E-state index contributed by atoms with van der Waals surface area (Å²) in [7, 11) is -2.86. The number of carbonyl (C=O) groups is 2. The minimum absolute atomic E-state index is 0.256. The first-order chi connectivity index (χ1) is 13.0. The van der Waals surface area contributed by atoms with Gasteiger partial charge in [0.25, 0.3) is 11.8 Å². The molecule has 2 aromatic heterocycles. The summed E-state index contributed by atoms with van der Waals surface area (Å²) >= 11 is 0. The van der Waals surface area contributed by atoms with Crippen molar-refractivity contribution in [2.24, 2.45) is 0 Å². The highest BCUT2D eigenvalue weighted by Gasteiger charge is 2.22. The van der Waals surface area contributed by atoms with Crippen molar-refractivity contribution in [2.75, 3.05) is 11.1 Å². The maximum Gasteiger partial charge on any atom is 0.273 e. The zero-order valence-electron chi connectivity index (χ0n) is 14.9. The highest BCUT2D eigenvalue weighted by Crippen LogP contribution is 2.30. The van der Waals surface area contributed by atoms with Crippen LogP contribution in [0.15, 0.2) is 12.4 Å². The van der Waals surface area contributed by atoms with Crippen molar-refractivity contribution in [3.8, 4) is 0 Å². The van der Waals surface area contributed by atoms with Crippen molar-refractivity contribution >= 4 is 39.2 Å². The zero-order valence-corrected chi connectivity index (χ0v) is 15.8. The molecule has 0 radical (unpaired) electrons. The lowest BCUT2D eigenvalue weighted by Gasteiger charge is -2.18.